The maximum atomic E-state index is 13.1. The molecule has 42 heavy (non-hydrogen) atoms. The van der Waals surface area contributed by atoms with E-state index in [4.69, 9.17) is 0 Å². The number of para-hydroxylation sites is 1. The van der Waals surface area contributed by atoms with Gasteiger partial charge in [0.25, 0.3) is 5.91 Å². The van der Waals surface area contributed by atoms with Crippen LogP contribution in [0.25, 0.3) is 0 Å². The highest BCUT2D eigenvalue weighted by atomic mass is 16.3. The number of carbonyl (C=O) groups excluding carboxylic acids is 2. The maximum absolute atomic E-state index is 13.1. The molecule has 0 saturated carbocycles. The van der Waals surface area contributed by atoms with E-state index in [1.165, 1.54) is 0 Å². The van der Waals surface area contributed by atoms with Gasteiger partial charge in [-0.3, -0.25) is 19.2 Å². The molecule has 3 atom stereocenters. The van der Waals surface area contributed by atoms with Crippen LogP contribution in [0.1, 0.15) is 48.1 Å². The summed E-state index contributed by atoms with van der Waals surface area (Å²) in [6, 6.07) is 22.8. The molecule has 2 aliphatic rings. The number of aryl methyl sites for hydroxylation is 2. The van der Waals surface area contributed by atoms with Crippen molar-refractivity contribution in [3.8, 4) is 0 Å². The number of nitrogens with zero attached hydrogens (tertiary/aromatic N) is 4. The van der Waals surface area contributed by atoms with E-state index < -0.39 is 17.4 Å². The predicted molar refractivity (Wildman–Crippen MR) is 159 cm³/mol. The average molecular weight is 564 g/mol. The molecule has 0 fully saturated rings. The van der Waals surface area contributed by atoms with Gasteiger partial charge in [-0.25, -0.2) is 0 Å². The Labute approximate surface area is 244 Å². The third-order valence-electron chi connectivity index (χ3n) is 8.26. The van der Waals surface area contributed by atoms with Crippen molar-refractivity contribution >= 4 is 28.9 Å². The Morgan fingerprint density at radius 1 is 1.05 bits per heavy atom. The fourth-order valence-corrected chi connectivity index (χ4v) is 5.88. The number of allylic oxidation sites excluding steroid dienone is 1. The van der Waals surface area contributed by atoms with E-state index in [2.05, 4.69) is 15.6 Å². The predicted octanol–water partition coefficient (Wildman–Crippen LogP) is 4.44. The van der Waals surface area contributed by atoms with Crippen molar-refractivity contribution < 1.29 is 19.8 Å². The molecule has 0 bridgehead atoms. The van der Waals surface area contributed by atoms with Gasteiger partial charge in [0.1, 0.15) is 0 Å². The van der Waals surface area contributed by atoms with Crippen molar-refractivity contribution in [3.05, 3.63) is 114 Å². The van der Waals surface area contributed by atoms with Gasteiger partial charge in [-0.15, -0.1) is 5.10 Å². The molecule has 214 valence electrons. The molecule has 0 radical (unpaired) electrons. The Kier molecular flexibility index (Phi) is 7.45. The molecule has 1 aromatic heterocycles. The number of nitrogens with one attached hydrogen (secondary N) is 1. The molecule has 4 aromatic rings. The van der Waals surface area contributed by atoms with E-state index in [1.54, 1.807) is 34.7 Å². The highest BCUT2D eigenvalue weighted by Gasteiger charge is 2.49. The van der Waals surface area contributed by atoms with E-state index in [1.807, 2.05) is 72.9 Å². The van der Waals surface area contributed by atoms with Gasteiger partial charge in [0.05, 0.1) is 23.9 Å². The standard InChI is InChI=1S/C33H33N5O4/c1-22(9-7-8-18-37-20-29(35-36-37)26(21-39)23-10-3-2-4-11-23)33(42)27-19-25(15-16-28(27)34-32(33)41)38-30-13-6-5-12-24(30)14-17-31(38)40/h2-7,9-13,15-16,19-20,22,26,39,42H,8,14,17-18,21H2,1H3,(H,34,41)/b9-7+/t22-,26?,33+/m1/s1. The Hall–Kier alpha value is -4.60. The Balaban J connectivity index is 1.17. The second-order valence-corrected chi connectivity index (χ2v) is 10.9. The lowest BCUT2D eigenvalue weighted by molar-refractivity contribution is -0.137. The first kappa shape index (κ1) is 27.6. The number of aromatic nitrogens is 3. The number of aliphatic hydroxyl groups is 2. The first-order valence-electron chi connectivity index (χ1n) is 14.2. The summed E-state index contributed by atoms with van der Waals surface area (Å²) in [5, 5.41) is 33.0. The van der Waals surface area contributed by atoms with Crippen molar-refractivity contribution in [3.63, 3.8) is 0 Å². The number of carbonyl (C=O) groups is 2. The van der Waals surface area contributed by atoms with E-state index in [0.717, 1.165) is 16.8 Å². The van der Waals surface area contributed by atoms with E-state index in [0.29, 0.717) is 48.4 Å². The Morgan fingerprint density at radius 2 is 1.83 bits per heavy atom. The molecule has 2 aliphatic heterocycles. The van der Waals surface area contributed by atoms with Crippen molar-refractivity contribution in [2.24, 2.45) is 5.92 Å². The summed E-state index contributed by atoms with van der Waals surface area (Å²) in [6.45, 7) is 2.28. The number of hydrogen-bond acceptors (Lipinski definition) is 6. The lowest BCUT2D eigenvalue weighted by atomic mass is 9.82. The molecule has 3 heterocycles. The molecule has 2 amide bonds. The number of anilines is 3. The molecule has 1 unspecified atom stereocenters. The molecular formula is C33H33N5O4. The Bertz CT molecular complexity index is 1650. The zero-order valence-electron chi connectivity index (χ0n) is 23.4. The van der Waals surface area contributed by atoms with Crippen LogP contribution in [0.4, 0.5) is 17.1 Å². The fourth-order valence-electron chi connectivity index (χ4n) is 5.88. The SMILES string of the molecule is C[C@H](/C=C/CCn1cc(C(CO)c2ccccc2)nn1)[C@@]1(O)C(=O)Nc2ccc(N3C(=O)CCc4ccccc43)cc21. The number of benzene rings is 3. The third-order valence-corrected chi connectivity index (χ3v) is 8.26. The van der Waals surface area contributed by atoms with Gasteiger partial charge in [-0.05, 0) is 48.2 Å². The number of rotatable bonds is 9. The second-order valence-electron chi connectivity index (χ2n) is 10.9. The minimum absolute atomic E-state index is 0.0206. The molecular weight excluding hydrogens is 530 g/mol. The second kappa shape index (κ2) is 11.3. The summed E-state index contributed by atoms with van der Waals surface area (Å²) in [5.41, 5.74) is 3.41. The van der Waals surface area contributed by atoms with Crippen molar-refractivity contribution in [1.82, 2.24) is 15.0 Å². The minimum Gasteiger partial charge on any atom is -0.395 e. The van der Waals surface area contributed by atoms with Gasteiger partial charge in [0.15, 0.2) is 5.60 Å². The van der Waals surface area contributed by atoms with Gasteiger partial charge < -0.3 is 15.5 Å². The van der Waals surface area contributed by atoms with Crippen LogP contribution in [-0.4, -0.2) is 43.6 Å². The summed E-state index contributed by atoms with van der Waals surface area (Å²) >= 11 is 0. The van der Waals surface area contributed by atoms with Crippen molar-refractivity contribution in [2.75, 3.05) is 16.8 Å². The van der Waals surface area contributed by atoms with Gasteiger partial charge >= 0.3 is 0 Å². The molecule has 0 saturated heterocycles. The summed E-state index contributed by atoms with van der Waals surface area (Å²) in [5.74, 6) is -1.30. The molecule has 3 N–H and O–H groups in total. The van der Waals surface area contributed by atoms with E-state index in [-0.39, 0.29) is 18.4 Å². The third kappa shape index (κ3) is 4.91. The largest absolute Gasteiger partial charge is 0.395 e. The number of aliphatic hydroxyl groups excluding tert-OH is 1. The summed E-state index contributed by atoms with van der Waals surface area (Å²) < 4.78 is 1.72. The summed E-state index contributed by atoms with van der Waals surface area (Å²) in [4.78, 5) is 27.8. The van der Waals surface area contributed by atoms with Crippen LogP contribution in [0.15, 0.2) is 91.1 Å². The lowest BCUT2D eigenvalue weighted by Gasteiger charge is -2.31. The minimum atomic E-state index is -1.79. The van der Waals surface area contributed by atoms with Crippen molar-refractivity contribution in [1.29, 1.82) is 0 Å². The van der Waals surface area contributed by atoms with E-state index in [9.17, 15) is 19.8 Å². The van der Waals surface area contributed by atoms with Gasteiger partial charge in [-0.1, -0.05) is 72.8 Å². The van der Waals surface area contributed by atoms with Crippen LogP contribution in [0, 0.1) is 5.92 Å². The van der Waals surface area contributed by atoms with Gasteiger partial charge in [0, 0.05) is 42.0 Å². The normalized spacial score (nSPS) is 19.5. The van der Waals surface area contributed by atoms with Crippen LogP contribution in [0.3, 0.4) is 0 Å². The highest BCUT2D eigenvalue weighted by molar-refractivity contribution is 6.07. The highest BCUT2D eigenvalue weighted by Crippen LogP contribution is 2.45. The number of fused-ring (bicyclic) bond motifs is 2. The van der Waals surface area contributed by atoms with Crippen LogP contribution in [0.5, 0.6) is 0 Å². The number of amides is 2. The Morgan fingerprint density at radius 3 is 2.64 bits per heavy atom. The molecule has 0 aliphatic carbocycles. The monoisotopic (exact) mass is 563 g/mol. The molecule has 3 aromatic carbocycles. The topological polar surface area (TPSA) is 121 Å². The van der Waals surface area contributed by atoms with Crippen LogP contribution in [-0.2, 0) is 28.2 Å². The zero-order chi connectivity index (χ0) is 29.3. The van der Waals surface area contributed by atoms with Crippen LogP contribution in [0.2, 0.25) is 0 Å². The summed E-state index contributed by atoms with van der Waals surface area (Å²) in [6.07, 6.45) is 7.28. The first-order chi connectivity index (χ1) is 20.4. The zero-order valence-corrected chi connectivity index (χ0v) is 23.4. The van der Waals surface area contributed by atoms with Gasteiger partial charge in [0.2, 0.25) is 5.91 Å². The molecule has 6 rings (SSSR count). The molecule has 9 nitrogen and oxygen atoms in total. The van der Waals surface area contributed by atoms with Crippen molar-refractivity contribution in [2.45, 2.75) is 44.2 Å². The molecule has 0 spiro atoms. The van der Waals surface area contributed by atoms with E-state index >= 15 is 0 Å². The lowest BCUT2D eigenvalue weighted by Crippen LogP contribution is -2.40. The van der Waals surface area contributed by atoms with Crippen LogP contribution >= 0.6 is 0 Å². The number of hydrogen-bond donors (Lipinski definition) is 3. The van der Waals surface area contributed by atoms with Gasteiger partial charge in [-0.2, -0.15) is 0 Å². The quantitative estimate of drug-likeness (QED) is 0.259. The average Bonchev–Trinajstić information content (AvgIpc) is 3.58. The smallest absolute Gasteiger partial charge is 0.261 e. The first-order valence-corrected chi connectivity index (χ1v) is 14.2. The summed E-state index contributed by atoms with van der Waals surface area (Å²) in [7, 11) is 0. The fraction of sp³-hybridized carbons (Fsp3) is 0.273. The van der Waals surface area contributed by atoms with Crippen LogP contribution < -0.4 is 10.2 Å². The molecule has 9 heteroatoms. The maximum Gasteiger partial charge on any atom is 0.261 e.